The van der Waals surface area contributed by atoms with Crippen LogP contribution < -0.4 is 4.74 Å². The Hall–Kier alpha value is -1.79. The van der Waals surface area contributed by atoms with E-state index in [9.17, 15) is 0 Å². The van der Waals surface area contributed by atoms with Crippen molar-refractivity contribution in [2.45, 2.75) is 13.8 Å². The van der Waals surface area contributed by atoms with Gasteiger partial charge in [0.15, 0.2) is 0 Å². The van der Waals surface area contributed by atoms with Crippen LogP contribution in [0.2, 0.25) is 0 Å². The second-order valence-corrected chi connectivity index (χ2v) is 5.00. The molecule has 0 N–H and O–H groups in total. The van der Waals surface area contributed by atoms with Gasteiger partial charge in [-0.25, -0.2) is 0 Å². The summed E-state index contributed by atoms with van der Waals surface area (Å²) in [7, 11) is 0. The maximum atomic E-state index is 9.06. The van der Waals surface area contributed by atoms with E-state index in [1.54, 1.807) is 6.07 Å². The molecule has 0 aromatic heterocycles. The molecule has 0 aliphatic rings. The topological polar surface area (TPSA) is 33.0 Å². The van der Waals surface area contributed by atoms with Gasteiger partial charge in [0.25, 0.3) is 0 Å². The van der Waals surface area contributed by atoms with Crippen molar-refractivity contribution in [3.05, 3.63) is 57.6 Å². The van der Waals surface area contributed by atoms with Crippen molar-refractivity contribution in [1.82, 2.24) is 0 Å². The Kier molecular flexibility index (Phi) is 3.69. The molecule has 0 aliphatic carbocycles. The Balaban J connectivity index is 2.40. The smallest absolute Gasteiger partial charge is 0.145 e. The summed E-state index contributed by atoms with van der Waals surface area (Å²) in [6.07, 6.45) is 0. The van der Waals surface area contributed by atoms with Gasteiger partial charge in [-0.2, -0.15) is 5.26 Å². The monoisotopic (exact) mass is 301 g/mol. The highest BCUT2D eigenvalue weighted by Crippen LogP contribution is 2.32. The number of nitriles is 1. The normalized spacial score (nSPS) is 9.89. The van der Waals surface area contributed by atoms with Gasteiger partial charge in [0.2, 0.25) is 0 Å². The number of halogens is 1. The van der Waals surface area contributed by atoms with Gasteiger partial charge in [-0.05, 0) is 65.2 Å². The molecule has 0 saturated heterocycles. The molecule has 0 bridgehead atoms. The number of hydrogen-bond acceptors (Lipinski definition) is 2. The quantitative estimate of drug-likeness (QED) is 0.803. The van der Waals surface area contributed by atoms with Crippen LogP contribution in [-0.2, 0) is 0 Å². The summed E-state index contributed by atoms with van der Waals surface area (Å²) in [5, 5.41) is 9.06. The minimum atomic E-state index is 0.535. The molecule has 0 saturated carbocycles. The number of nitrogens with zero attached hydrogens (tertiary/aromatic N) is 1. The molecule has 0 fully saturated rings. The first-order valence-electron chi connectivity index (χ1n) is 5.55. The van der Waals surface area contributed by atoms with Gasteiger partial charge in [0.1, 0.15) is 17.6 Å². The molecule has 0 unspecified atom stereocenters. The Labute approximate surface area is 115 Å². The summed E-state index contributed by atoms with van der Waals surface area (Å²) in [5.41, 5.74) is 2.75. The van der Waals surface area contributed by atoms with Crippen LogP contribution in [0.15, 0.2) is 40.9 Å². The molecule has 0 heterocycles. The molecule has 2 nitrogen and oxygen atoms in total. The van der Waals surface area contributed by atoms with Gasteiger partial charge >= 0.3 is 0 Å². The van der Waals surface area contributed by atoms with E-state index >= 15 is 0 Å². The van der Waals surface area contributed by atoms with E-state index in [-0.39, 0.29) is 0 Å². The molecule has 0 amide bonds. The summed E-state index contributed by atoms with van der Waals surface area (Å²) in [4.78, 5) is 0. The van der Waals surface area contributed by atoms with Crippen LogP contribution >= 0.6 is 15.9 Å². The third-order valence-electron chi connectivity index (χ3n) is 2.56. The lowest BCUT2D eigenvalue weighted by molar-refractivity contribution is 0.477. The minimum absolute atomic E-state index is 0.535. The van der Waals surface area contributed by atoms with Crippen LogP contribution in [0, 0.1) is 25.2 Å². The van der Waals surface area contributed by atoms with E-state index in [1.165, 1.54) is 0 Å². The minimum Gasteiger partial charge on any atom is -0.455 e. The number of rotatable bonds is 2. The van der Waals surface area contributed by atoms with E-state index in [2.05, 4.69) is 22.0 Å². The fraction of sp³-hybridized carbons (Fsp3) is 0.133. The zero-order valence-electron chi connectivity index (χ0n) is 10.2. The Bertz CT molecular complexity index is 629. The SMILES string of the molecule is Cc1ccc(Oc2cc(C)ccc2C#N)c(Br)c1. The molecule has 0 atom stereocenters. The molecule has 90 valence electrons. The fourth-order valence-electron chi connectivity index (χ4n) is 1.61. The predicted octanol–water partition coefficient (Wildman–Crippen LogP) is 4.73. The second-order valence-electron chi connectivity index (χ2n) is 4.15. The molecular weight excluding hydrogens is 290 g/mol. The van der Waals surface area contributed by atoms with Crippen LogP contribution in [0.25, 0.3) is 0 Å². The van der Waals surface area contributed by atoms with Crippen LogP contribution in [0.1, 0.15) is 16.7 Å². The third kappa shape index (κ3) is 2.72. The molecule has 0 radical (unpaired) electrons. The highest BCUT2D eigenvalue weighted by Gasteiger charge is 2.07. The summed E-state index contributed by atoms with van der Waals surface area (Å²) in [5.74, 6) is 1.30. The maximum absolute atomic E-state index is 9.06. The zero-order chi connectivity index (χ0) is 13.1. The van der Waals surface area contributed by atoms with E-state index in [1.807, 2.05) is 44.2 Å². The lowest BCUT2D eigenvalue weighted by Gasteiger charge is -2.10. The van der Waals surface area contributed by atoms with Gasteiger partial charge in [0.05, 0.1) is 10.0 Å². The number of hydrogen-bond donors (Lipinski definition) is 0. The molecule has 18 heavy (non-hydrogen) atoms. The molecule has 2 aromatic carbocycles. The summed E-state index contributed by atoms with van der Waals surface area (Å²) >= 11 is 3.46. The highest BCUT2D eigenvalue weighted by molar-refractivity contribution is 9.10. The number of ether oxygens (including phenoxy) is 1. The largest absolute Gasteiger partial charge is 0.455 e. The zero-order valence-corrected chi connectivity index (χ0v) is 11.8. The van der Waals surface area contributed by atoms with E-state index in [0.29, 0.717) is 17.1 Å². The Morgan fingerprint density at radius 3 is 2.33 bits per heavy atom. The molecular formula is C15H12BrNO. The second kappa shape index (κ2) is 5.24. The molecule has 0 aliphatic heterocycles. The van der Waals surface area contributed by atoms with Crippen molar-refractivity contribution in [3.8, 4) is 17.6 Å². The summed E-state index contributed by atoms with van der Waals surface area (Å²) < 4.78 is 6.68. The van der Waals surface area contributed by atoms with E-state index in [4.69, 9.17) is 10.00 Å². The average Bonchev–Trinajstić information content (AvgIpc) is 2.33. The van der Waals surface area contributed by atoms with Crippen LogP contribution in [0.3, 0.4) is 0 Å². The van der Waals surface area contributed by atoms with Crippen molar-refractivity contribution >= 4 is 15.9 Å². The van der Waals surface area contributed by atoms with Gasteiger partial charge < -0.3 is 4.74 Å². The summed E-state index contributed by atoms with van der Waals surface area (Å²) in [6.45, 7) is 3.99. The van der Waals surface area contributed by atoms with Crippen molar-refractivity contribution in [2.24, 2.45) is 0 Å². The van der Waals surface area contributed by atoms with Gasteiger partial charge in [0, 0.05) is 0 Å². The number of benzene rings is 2. The maximum Gasteiger partial charge on any atom is 0.145 e. The van der Waals surface area contributed by atoms with Crippen molar-refractivity contribution < 1.29 is 4.74 Å². The molecule has 3 heteroatoms. The van der Waals surface area contributed by atoms with Gasteiger partial charge in [-0.15, -0.1) is 0 Å². The lowest BCUT2D eigenvalue weighted by atomic mass is 10.1. The summed E-state index contributed by atoms with van der Waals surface area (Å²) in [6, 6.07) is 13.5. The highest BCUT2D eigenvalue weighted by atomic mass is 79.9. The first-order chi connectivity index (χ1) is 8.60. The van der Waals surface area contributed by atoms with Crippen LogP contribution in [0.4, 0.5) is 0 Å². The Morgan fingerprint density at radius 1 is 1.00 bits per heavy atom. The van der Waals surface area contributed by atoms with Crippen molar-refractivity contribution in [1.29, 1.82) is 5.26 Å². The third-order valence-corrected chi connectivity index (χ3v) is 3.18. The molecule has 2 rings (SSSR count). The lowest BCUT2D eigenvalue weighted by Crippen LogP contribution is -1.90. The first kappa shape index (κ1) is 12.7. The number of aryl methyl sites for hydroxylation is 2. The molecule has 2 aromatic rings. The molecule has 0 spiro atoms. The van der Waals surface area contributed by atoms with Crippen LogP contribution in [-0.4, -0.2) is 0 Å². The van der Waals surface area contributed by atoms with Gasteiger partial charge in [-0.3, -0.25) is 0 Å². The first-order valence-corrected chi connectivity index (χ1v) is 6.34. The van der Waals surface area contributed by atoms with Crippen LogP contribution in [0.5, 0.6) is 11.5 Å². The predicted molar refractivity (Wildman–Crippen MR) is 74.8 cm³/mol. The van der Waals surface area contributed by atoms with Crippen molar-refractivity contribution in [3.63, 3.8) is 0 Å². The fourth-order valence-corrected chi connectivity index (χ4v) is 2.19. The average molecular weight is 302 g/mol. The standard InChI is InChI=1S/C15H12BrNO/c1-10-4-6-14(13(16)7-10)18-15-8-11(2)3-5-12(15)9-17/h3-8H,1-2H3. The van der Waals surface area contributed by atoms with Gasteiger partial charge in [-0.1, -0.05) is 12.1 Å². The van der Waals surface area contributed by atoms with E-state index < -0.39 is 0 Å². The van der Waals surface area contributed by atoms with Crippen molar-refractivity contribution in [2.75, 3.05) is 0 Å². The van der Waals surface area contributed by atoms with E-state index in [0.717, 1.165) is 15.6 Å². The Morgan fingerprint density at radius 2 is 1.67 bits per heavy atom.